The van der Waals surface area contributed by atoms with E-state index >= 15 is 0 Å². The number of alkyl halides is 2. The fourth-order valence-electron chi connectivity index (χ4n) is 3.94. The topological polar surface area (TPSA) is 99.4 Å². The summed E-state index contributed by atoms with van der Waals surface area (Å²) in [6.07, 6.45) is 2.74. The van der Waals surface area contributed by atoms with E-state index in [4.69, 9.17) is 4.74 Å². The molecule has 174 valence electrons. The quantitative estimate of drug-likeness (QED) is 0.537. The van der Waals surface area contributed by atoms with Crippen molar-refractivity contribution in [1.29, 1.82) is 5.26 Å². The summed E-state index contributed by atoms with van der Waals surface area (Å²) in [5.41, 5.74) is 2.75. The molecule has 2 aromatic carbocycles. The fraction of sp³-hybridized carbons (Fsp3) is 0.261. The largest absolute Gasteiger partial charge is 0.437 e. The number of nitriles is 1. The molecule has 0 amide bonds. The van der Waals surface area contributed by atoms with Crippen LogP contribution in [0.3, 0.4) is 0 Å². The van der Waals surface area contributed by atoms with Crippen molar-refractivity contribution in [2.24, 2.45) is 5.92 Å². The van der Waals surface area contributed by atoms with Gasteiger partial charge >= 0.3 is 10.2 Å². The Labute approximate surface area is 195 Å². The van der Waals surface area contributed by atoms with Crippen LogP contribution in [0.15, 0.2) is 48.8 Å². The molecule has 1 fully saturated rings. The molecule has 1 saturated carbocycles. The van der Waals surface area contributed by atoms with E-state index in [1.165, 1.54) is 13.2 Å². The second-order valence-corrected chi connectivity index (χ2v) is 10.1. The van der Waals surface area contributed by atoms with Crippen LogP contribution in [-0.2, 0) is 10.2 Å². The highest BCUT2D eigenvalue weighted by Crippen LogP contribution is 2.52. The van der Waals surface area contributed by atoms with Gasteiger partial charge in [0.2, 0.25) is 5.88 Å². The van der Waals surface area contributed by atoms with Crippen LogP contribution in [0.2, 0.25) is 0 Å². The van der Waals surface area contributed by atoms with E-state index < -0.39 is 22.0 Å². The van der Waals surface area contributed by atoms with E-state index in [1.54, 1.807) is 49.5 Å². The number of hydrogen-bond donors (Lipinski definition) is 0. The van der Waals surface area contributed by atoms with Crippen molar-refractivity contribution < 1.29 is 21.9 Å². The van der Waals surface area contributed by atoms with Crippen molar-refractivity contribution in [2.75, 3.05) is 22.2 Å². The van der Waals surface area contributed by atoms with Gasteiger partial charge in [-0.3, -0.25) is 13.6 Å². The van der Waals surface area contributed by atoms with Crippen LogP contribution in [0.4, 0.5) is 20.2 Å². The first-order valence-electron chi connectivity index (χ1n) is 10.4. The molecule has 0 N–H and O–H groups in total. The lowest BCUT2D eigenvalue weighted by Crippen LogP contribution is -2.37. The van der Waals surface area contributed by atoms with Gasteiger partial charge in [0.1, 0.15) is 5.75 Å². The summed E-state index contributed by atoms with van der Waals surface area (Å²) in [5, 5.41) is 9.63. The molecule has 0 bridgehead atoms. The van der Waals surface area contributed by atoms with Gasteiger partial charge in [-0.05, 0) is 42.8 Å². The minimum atomic E-state index is -3.97. The molecule has 1 atom stereocenters. The lowest BCUT2D eigenvalue weighted by molar-refractivity contribution is 0.101. The van der Waals surface area contributed by atoms with Crippen molar-refractivity contribution in [2.45, 2.75) is 19.3 Å². The number of hydrogen-bond acceptors (Lipinski definition) is 6. The average molecular weight is 484 g/mol. The molecule has 2 heterocycles. The molecular formula is C23H19F2N5O3S. The van der Waals surface area contributed by atoms with E-state index in [0.717, 1.165) is 8.61 Å². The van der Waals surface area contributed by atoms with Gasteiger partial charge < -0.3 is 4.74 Å². The molecule has 1 aliphatic carbocycles. The highest BCUT2D eigenvalue weighted by atomic mass is 32.2. The maximum Gasteiger partial charge on any atom is 0.326 e. The van der Waals surface area contributed by atoms with Gasteiger partial charge in [0.15, 0.2) is 0 Å². The average Bonchev–Trinajstić information content (AvgIpc) is 3.38. The molecule has 11 heteroatoms. The molecule has 0 saturated heterocycles. The molecule has 0 spiro atoms. The van der Waals surface area contributed by atoms with Crippen LogP contribution < -0.4 is 13.3 Å². The molecule has 8 nitrogen and oxygen atoms in total. The first-order valence-corrected chi connectivity index (χ1v) is 11.8. The van der Waals surface area contributed by atoms with Crippen LogP contribution in [0.5, 0.6) is 11.6 Å². The van der Waals surface area contributed by atoms with Crippen molar-refractivity contribution >= 4 is 21.6 Å². The zero-order valence-corrected chi connectivity index (χ0v) is 19.1. The second kappa shape index (κ2) is 7.63. The maximum absolute atomic E-state index is 13.5. The number of halogens is 2. The van der Waals surface area contributed by atoms with Gasteiger partial charge in [0.25, 0.3) is 5.92 Å². The lowest BCUT2D eigenvalue weighted by atomic mass is 9.99. The third-order valence-electron chi connectivity index (χ3n) is 6.02. The number of rotatable bonds is 5. The Morgan fingerprint density at radius 2 is 1.91 bits per heavy atom. The third-order valence-corrected chi connectivity index (χ3v) is 7.81. The van der Waals surface area contributed by atoms with Crippen LogP contribution in [-0.4, -0.2) is 37.9 Å². The van der Waals surface area contributed by atoms with E-state index in [2.05, 4.69) is 16.0 Å². The molecule has 1 unspecified atom stereocenters. The molecule has 3 aromatic rings. The first-order chi connectivity index (χ1) is 16.1. The minimum Gasteiger partial charge on any atom is -0.437 e. The fourth-order valence-corrected chi connectivity index (χ4v) is 5.40. The van der Waals surface area contributed by atoms with Crippen LogP contribution in [0, 0.1) is 24.2 Å². The molecule has 1 aliphatic heterocycles. The van der Waals surface area contributed by atoms with E-state index in [0.29, 0.717) is 45.4 Å². The number of aromatic nitrogens is 2. The van der Waals surface area contributed by atoms with Gasteiger partial charge in [0.05, 0.1) is 28.7 Å². The number of ether oxygens (including phenoxy) is 1. The summed E-state index contributed by atoms with van der Waals surface area (Å²) in [4.78, 5) is 8.29. The number of aryl methyl sites for hydroxylation is 1. The number of nitrogens with zero attached hydrogens (tertiary/aromatic N) is 5. The van der Waals surface area contributed by atoms with E-state index in [1.807, 2.05) is 0 Å². The molecule has 1 aromatic heterocycles. The van der Waals surface area contributed by atoms with Crippen LogP contribution in [0.25, 0.3) is 11.1 Å². The number of fused-ring (bicyclic) bond motifs is 1. The monoisotopic (exact) mass is 483 g/mol. The zero-order valence-electron chi connectivity index (χ0n) is 18.2. The SMILES string of the molecule is Cc1nccnc1Oc1ccc(C#N)c(-c2ccc3c(c2)N(C)S(=O)(=O)N3CC2CC2(F)F)c1. The molecular weight excluding hydrogens is 464 g/mol. The van der Waals surface area contributed by atoms with Gasteiger partial charge in [-0.2, -0.15) is 13.7 Å². The van der Waals surface area contributed by atoms with E-state index in [9.17, 15) is 22.5 Å². The van der Waals surface area contributed by atoms with Crippen molar-refractivity contribution in [3.63, 3.8) is 0 Å². The first kappa shape index (κ1) is 22.0. The number of anilines is 2. The van der Waals surface area contributed by atoms with Gasteiger partial charge in [-0.1, -0.05) is 6.07 Å². The van der Waals surface area contributed by atoms with E-state index in [-0.39, 0.29) is 13.0 Å². The summed E-state index contributed by atoms with van der Waals surface area (Å²) in [6, 6.07) is 11.9. The summed E-state index contributed by atoms with van der Waals surface area (Å²) < 4.78 is 60.7. The zero-order chi connectivity index (χ0) is 24.3. The van der Waals surface area contributed by atoms with Crippen LogP contribution in [0.1, 0.15) is 17.7 Å². The minimum absolute atomic E-state index is 0.281. The Hall–Kier alpha value is -3.78. The summed E-state index contributed by atoms with van der Waals surface area (Å²) in [7, 11) is -2.59. The Morgan fingerprint density at radius 3 is 2.59 bits per heavy atom. The summed E-state index contributed by atoms with van der Waals surface area (Å²) >= 11 is 0. The van der Waals surface area contributed by atoms with Crippen molar-refractivity contribution in [1.82, 2.24) is 9.97 Å². The number of benzene rings is 2. The molecule has 34 heavy (non-hydrogen) atoms. The van der Waals surface area contributed by atoms with Gasteiger partial charge in [0, 0.05) is 43.9 Å². The van der Waals surface area contributed by atoms with Crippen molar-refractivity contribution in [3.8, 4) is 28.8 Å². The summed E-state index contributed by atoms with van der Waals surface area (Å²) in [5.74, 6) is -3.08. The van der Waals surface area contributed by atoms with Gasteiger partial charge in [-0.25, -0.2) is 13.8 Å². The van der Waals surface area contributed by atoms with Gasteiger partial charge in [-0.15, -0.1) is 0 Å². The maximum atomic E-state index is 13.5. The Bertz CT molecular complexity index is 1460. The highest BCUT2D eigenvalue weighted by molar-refractivity contribution is 7.94. The summed E-state index contributed by atoms with van der Waals surface area (Å²) in [6.45, 7) is 1.48. The normalized spacial score (nSPS) is 19.4. The second-order valence-electron chi connectivity index (χ2n) is 8.24. The predicted molar refractivity (Wildman–Crippen MR) is 121 cm³/mol. The Kier molecular flexibility index (Phi) is 4.95. The smallest absolute Gasteiger partial charge is 0.326 e. The van der Waals surface area contributed by atoms with Crippen molar-refractivity contribution in [3.05, 3.63) is 60.0 Å². The lowest BCUT2D eigenvalue weighted by Gasteiger charge is -2.18. The standard InChI is InChI=1S/C23H19F2N5O3S/c1-14-22(28-8-7-27-14)33-18-5-3-16(12-26)19(10-18)15-4-6-20-21(9-15)29(2)34(31,32)30(20)13-17-11-23(17,24)25/h3-10,17H,11,13H2,1-2H3. The third kappa shape index (κ3) is 3.60. The molecule has 0 radical (unpaired) electrons. The highest BCUT2D eigenvalue weighted by Gasteiger charge is 2.59. The van der Waals surface area contributed by atoms with Crippen LogP contribution >= 0.6 is 0 Å². The predicted octanol–water partition coefficient (Wildman–Crippen LogP) is 4.27. The Balaban J connectivity index is 1.53. The molecule has 2 aliphatic rings. The Morgan fingerprint density at radius 1 is 1.18 bits per heavy atom. The molecule has 5 rings (SSSR count).